The fourth-order valence-electron chi connectivity index (χ4n) is 3.08. The molecule has 1 atom stereocenters. The van der Waals surface area contributed by atoms with Gasteiger partial charge in [0, 0.05) is 32.4 Å². The van der Waals surface area contributed by atoms with Crippen molar-refractivity contribution >= 4 is 5.96 Å². The van der Waals surface area contributed by atoms with Gasteiger partial charge >= 0.3 is 0 Å². The predicted octanol–water partition coefficient (Wildman–Crippen LogP) is 3.35. The molecule has 30 heavy (non-hydrogen) atoms. The number of aryl methyl sites for hydroxylation is 1. The van der Waals surface area contributed by atoms with Gasteiger partial charge in [0.15, 0.2) is 17.5 Å². The monoisotopic (exact) mass is 414 g/mol. The van der Waals surface area contributed by atoms with Crippen LogP contribution in [0.3, 0.4) is 0 Å². The van der Waals surface area contributed by atoms with Gasteiger partial charge in [0.2, 0.25) is 5.56 Å². The first-order valence-corrected chi connectivity index (χ1v) is 10.6. The number of rotatable bonds is 11. The van der Waals surface area contributed by atoms with E-state index < -0.39 is 0 Å². The highest BCUT2D eigenvalue weighted by Crippen LogP contribution is 2.30. The van der Waals surface area contributed by atoms with Crippen LogP contribution in [-0.2, 0) is 6.54 Å². The van der Waals surface area contributed by atoms with Crippen LogP contribution >= 0.6 is 0 Å². The third kappa shape index (κ3) is 7.13. The number of benzene rings is 1. The molecule has 7 nitrogen and oxygen atoms in total. The number of aromatic nitrogens is 1. The van der Waals surface area contributed by atoms with Crippen LogP contribution in [0, 0.1) is 0 Å². The Morgan fingerprint density at radius 2 is 1.87 bits per heavy atom. The second kappa shape index (κ2) is 12.6. The largest absolute Gasteiger partial charge is 0.490 e. The maximum atomic E-state index is 11.7. The van der Waals surface area contributed by atoms with E-state index in [-0.39, 0.29) is 11.6 Å². The fraction of sp³-hybridized carbons (Fsp3) is 0.478. The van der Waals surface area contributed by atoms with Gasteiger partial charge in [-0.05, 0) is 57.4 Å². The van der Waals surface area contributed by atoms with Crippen molar-refractivity contribution in [2.75, 3.05) is 26.8 Å². The van der Waals surface area contributed by atoms with Crippen LogP contribution in [0.2, 0.25) is 0 Å². The molecule has 7 heteroatoms. The van der Waals surface area contributed by atoms with Crippen LogP contribution in [0.25, 0.3) is 0 Å². The summed E-state index contributed by atoms with van der Waals surface area (Å²) in [6, 6.07) is 11.3. The number of unbranched alkanes of at least 4 members (excludes halogenated alkanes) is 1. The molecule has 0 saturated heterocycles. The van der Waals surface area contributed by atoms with E-state index >= 15 is 0 Å². The molecule has 0 spiro atoms. The summed E-state index contributed by atoms with van der Waals surface area (Å²) in [6.07, 6.45) is 3.68. The van der Waals surface area contributed by atoms with Crippen molar-refractivity contribution in [3.63, 3.8) is 0 Å². The Hall–Kier alpha value is -2.96. The van der Waals surface area contributed by atoms with Crippen LogP contribution < -0.4 is 25.7 Å². The summed E-state index contributed by atoms with van der Waals surface area (Å²) in [5.74, 6) is 2.26. The Bertz CT molecular complexity index is 864. The van der Waals surface area contributed by atoms with Gasteiger partial charge in [-0.3, -0.25) is 9.79 Å². The molecule has 0 saturated carbocycles. The fourth-order valence-corrected chi connectivity index (χ4v) is 3.08. The van der Waals surface area contributed by atoms with E-state index in [1.165, 1.54) is 0 Å². The van der Waals surface area contributed by atoms with Gasteiger partial charge in [-0.25, -0.2) is 0 Å². The highest BCUT2D eigenvalue weighted by atomic mass is 16.5. The zero-order chi connectivity index (χ0) is 21.8. The molecule has 0 bridgehead atoms. The molecule has 1 unspecified atom stereocenters. The number of hydrogen-bond donors (Lipinski definition) is 2. The molecule has 1 heterocycles. The second-order valence-electron chi connectivity index (χ2n) is 6.88. The predicted molar refractivity (Wildman–Crippen MR) is 122 cm³/mol. The van der Waals surface area contributed by atoms with E-state index in [9.17, 15) is 4.79 Å². The molecule has 164 valence electrons. The summed E-state index contributed by atoms with van der Waals surface area (Å²) in [5, 5.41) is 6.75. The van der Waals surface area contributed by atoms with E-state index in [4.69, 9.17) is 9.47 Å². The lowest BCUT2D eigenvalue weighted by Crippen LogP contribution is -2.39. The van der Waals surface area contributed by atoms with Crippen molar-refractivity contribution in [3.05, 3.63) is 58.5 Å². The topological polar surface area (TPSA) is 76.9 Å². The van der Waals surface area contributed by atoms with Crippen LogP contribution in [0.4, 0.5) is 0 Å². The Kier molecular flexibility index (Phi) is 9.77. The number of ether oxygens (including phenoxy) is 2. The summed E-state index contributed by atoms with van der Waals surface area (Å²) in [7, 11) is 1.76. The molecule has 2 aromatic rings. The molecule has 0 radical (unpaired) electrons. The van der Waals surface area contributed by atoms with Gasteiger partial charge in [-0.15, -0.1) is 0 Å². The first-order valence-electron chi connectivity index (χ1n) is 10.6. The highest BCUT2D eigenvalue weighted by molar-refractivity contribution is 5.80. The summed E-state index contributed by atoms with van der Waals surface area (Å²) in [4.78, 5) is 16.0. The van der Waals surface area contributed by atoms with Crippen molar-refractivity contribution in [2.45, 2.75) is 46.2 Å². The van der Waals surface area contributed by atoms with E-state index in [2.05, 4.69) is 22.5 Å². The van der Waals surface area contributed by atoms with Crippen molar-refractivity contribution < 1.29 is 9.47 Å². The summed E-state index contributed by atoms with van der Waals surface area (Å²) in [6.45, 7) is 8.69. The lowest BCUT2D eigenvalue weighted by molar-refractivity contribution is 0.287. The minimum absolute atomic E-state index is 0.0403. The minimum atomic E-state index is 0.0403. The summed E-state index contributed by atoms with van der Waals surface area (Å²) in [5.41, 5.74) is 1.13. The van der Waals surface area contributed by atoms with E-state index in [1.54, 1.807) is 23.7 Å². The standard InChI is InChI=1S/C23H34N4O3/c1-5-29-20-13-12-19(17-21(20)30-6-2)18(3)26-23(24-4)25-14-8-10-16-27-15-9-7-11-22(27)28/h7,9,11-13,15,17-18H,5-6,8,10,14,16H2,1-4H3,(H2,24,25,26). The number of nitrogens with one attached hydrogen (secondary N) is 2. The van der Waals surface area contributed by atoms with Gasteiger partial charge in [-0.2, -0.15) is 0 Å². The van der Waals surface area contributed by atoms with Gasteiger partial charge < -0.3 is 24.7 Å². The quantitative estimate of drug-likeness (QED) is 0.335. The van der Waals surface area contributed by atoms with Crippen molar-refractivity contribution in [1.29, 1.82) is 0 Å². The van der Waals surface area contributed by atoms with E-state index in [0.29, 0.717) is 13.2 Å². The molecular formula is C23H34N4O3. The lowest BCUT2D eigenvalue weighted by Gasteiger charge is -2.20. The molecule has 0 aliphatic carbocycles. The number of nitrogens with zero attached hydrogens (tertiary/aromatic N) is 2. The first-order chi connectivity index (χ1) is 14.6. The van der Waals surface area contributed by atoms with Gasteiger partial charge in [-0.1, -0.05) is 12.1 Å². The first kappa shape index (κ1) is 23.3. The van der Waals surface area contributed by atoms with Gasteiger partial charge in [0.05, 0.1) is 19.3 Å². The summed E-state index contributed by atoms with van der Waals surface area (Å²) < 4.78 is 13.1. The number of hydrogen-bond acceptors (Lipinski definition) is 4. The Morgan fingerprint density at radius 1 is 1.10 bits per heavy atom. The normalized spacial score (nSPS) is 12.3. The third-order valence-electron chi connectivity index (χ3n) is 4.66. The Morgan fingerprint density at radius 3 is 2.57 bits per heavy atom. The highest BCUT2D eigenvalue weighted by Gasteiger charge is 2.12. The number of aliphatic imine (C=N–C) groups is 1. The zero-order valence-electron chi connectivity index (χ0n) is 18.5. The molecule has 0 aliphatic rings. The van der Waals surface area contributed by atoms with Crippen molar-refractivity contribution in [2.24, 2.45) is 4.99 Å². The van der Waals surface area contributed by atoms with E-state index in [1.807, 2.05) is 44.3 Å². The average Bonchev–Trinajstić information content (AvgIpc) is 2.75. The van der Waals surface area contributed by atoms with Crippen molar-refractivity contribution in [1.82, 2.24) is 15.2 Å². The number of guanidine groups is 1. The molecule has 2 N–H and O–H groups in total. The molecule has 0 amide bonds. The summed E-state index contributed by atoms with van der Waals surface area (Å²) >= 11 is 0. The maximum Gasteiger partial charge on any atom is 0.250 e. The van der Waals surface area contributed by atoms with Crippen LogP contribution in [0.15, 0.2) is 52.4 Å². The average molecular weight is 415 g/mol. The molecule has 1 aromatic carbocycles. The number of pyridine rings is 1. The van der Waals surface area contributed by atoms with Gasteiger partial charge in [0.25, 0.3) is 0 Å². The maximum absolute atomic E-state index is 11.7. The SMILES string of the molecule is CCOc1ccc(C(C)NC(=NC)NCCCCn2ccccc2=O)cc1OCC. The van der Waals surface area contributed by atoms with Crippen LogP contribution in [-0.4, -0.2) is 37.3 Å². The molecule has 0 fully saturated rings. The van der Waals surface area contributed by atoms with Crippen LogP contribution in [0.5, 0.6) is 11.5 Å². The van der Waals surface area contributed by atoms with Crippen LogP contribution in [0.1, 0.15) is 45.2 Å². The molecular weight excluding hydrogens is 380 g/mol. The van der Waals surface area contributed by atoms with Crippen molar-refractivity contribution in [3.8, 4) is 11.5 Å². The minimum Gasteiger partial charge on any atom is -0.490 e. The Labute approximate surface area is 179 Å². The van der Waals surface area contributed by atoms with Gasteiger partial charge in [0.1, 0.15) is 0 Å². The lowest BCUT2D eigenvalue weighted by atomic mass is 10.1. The molecule has 0 aliphatic heterocycles. The van der Waals surface area contributed by atoms with E-state index in [0.717, 1.165) is 49.0 Å². The third-order valence-corrected chi connectivity index (χ3v) is 4.66. The smallest absolute Gasteiger partial charge is 0.250 e. The zero-order valence-corrected chi connectivity index (χ0v) is 18.5. The Balaban J connectivity index is 1.84. The second-order valence-corrected chi connectivity index (χ2v) is 6.88. The molecule has 2 rings (SSSR count). The molecule has 1 aromatic heterocycles.